The number of nitrogens with zero attached hydrogens (tertiary/aromatic N) is 2. The Bertz CT molecular complexity index is 768. The second-order valence-electron chi connectivity index (χ2n) is 7.85. The van der Waals surface area contributed by atoms with E-state index < -0.39 is 0 Å². The number of carbonyl (C=O) groups is 1. The number of hydrogen-bond acceptors (Lipinski definition) is 3. The maximum Gasteiger partial charge on any atom is 0.222 e. The summed E-state index contributed by atoms with van der Waals surface area (Å²) in [5.74, 6) is 0.279. The van der Waals surface area contributed by atoms with E-state index in [4.69, 9.17) is 0 Å². The van der Waals surface area contributed by atoms with E-state index in [1.54, 1.807) is 0 Å². The van der Waals surface area contributed by atoms with Crippen molar-refractivity contribution in [3.63, 3.8) is 0 Å². The molecule has 2 aliphatic rings. The van der Waals surface area contributed by atoms with Gasteiger partial charge >= 0.3 is 0 Å². The van der Waals surface area contributed by atoms with Crippen molar-refractivity contribution in [2.45, 2.75) is 37.8 Å². The Labute approximate surface area is 162 Å². The molecule has 4 nitrogen and oxygen atoms in total. The predicted molar refractivity (Wildman–Crippen MR) is 111 cm³/mol. The van der Waals surface area contributed by atoms with Crippen LogP contribution < -0.4 is 10.2 Å². The van der Waals surface area contributed by atoms with Crippen molar-refractivity contribution in [2.24, 2.45) is 0 Å². The van der Waals surface area contributed by atoms with E-state index in [-0.39, 0.29) is 5.91 Å². The molecule has 1 unspecified atom stereocenters. The molecule has 2 aromatic carbocycles. The normalized spacial score (nSPS) is 21.5. The van der Waals surface area contributed by atoms with Crippen molar-refractivity contribution in [3.8, 4) is 11.1 Å². The van der Waals surface area contributed by atoms with Gasteiger partial charge in [0.05, 0.1) is 0 Å². The van der Waals surface area contributed by atoms with Crippen molar-refractivity contribution in [3.05, 3.63) is 54.6 Å². The number of carbonyl (C=O) groups excluding carboxylic acids is 1. The Balaban J connectivity index is 1.34. The highest BCUT2D eigenvalue weighted by molar-refractivity contribution is 5.76. The molecule has 2 aliphatic heterocycles. The van der Waals surface area contributed by atoms with Gasteiger partial charge < -0.3 is 15.1 Å². The molecule has 142 valence electrons. The Kier molecular flexibility index (Phi) is 5.44. The molecule has 0 spiro atoms. The monoisotopic (exact) mass is 363 g/mol. The van der Waals surface area contributed by atoms with E-state index in [2.05, 4.69) is 64.8 Å². The van der Waals surface area contributed by atoms with Gasteiger partial charge in [-0.25, -0.2) is 0 Å². The third-order valence-corrected chi connectivity index (χ3v) is 5.91. The maximum absolute atomic E-state index is 11.7. The first-order valence-corrected chi connectivity index (χ1v) is 10.1. The van der Waals surface area contributed by atoms with Gasteiger partial charge in [-0.05, 0) is 42.5 Å². The lowest BCUT2D eigenvalue weighted by Crippen LogP contribution is -2.52. The summed E-state index contributed by atoms with van der Waals surface area (Å²) in [6.45, 7) is 3.01. The van der Waals surface area contributed by atoms with Gasteiger partial charge in [-0.1, -0.05) is 42.5 Å². The van der Waals surface area contributed by atoms with Crippen molar-refractivity contribution in [2.75, 3.05) is 31.6 Å². The van der Waals surface area contributed by atoms with Crippen LogP contribution in [0.1, 0.15) is 25.7 Å². The predicted octanol–water partition coefficient (Wildman–Crippen LogP) is 3.53. The Morgan fingerprint density at radius 3 is 2.37 bits per heavy atom. The molecule has 0 saturated carbocycles. The van der Waals surface area contributed by atoms with Crippen LogP contribution in [0.4, 0.5) is 5.69 Å². The van der Waals surface area contributed by atoms with E-state index in [1.165, 1.54) is 16.8 Å². The summed E-state index contributed by atoms with van der Waals surface area (Å²) in [5, 5.41) is 3.80. The molecule has 2 saturated heterocycles. The molecule has 4 heteroatoms. The zero-order valence-electron chi connectivity index (χ0n) is 16.1. The Morgan fingerprint density at radius 2 is 1.63 bits per heavy atom. The fourth-order valence-corrected chi connectivity index (χ4v) is 4.30. The summed E-state index contributed by atoms with van der Waals surface area (Å²) in [4.78, 5) is 16.0. The van der Waals surface area contributed by atoms with Gasteiger partial charge in [0.15, 0.2) is 0 Å². The number of likely N-dealkylation sites (tertiary alicyclic amines) is 1. The Morgan fingerprint density at radius 1 is 0.889 bits per heavy atom. The molecule has 27 heavy (non-hydrogen) atoms. The number of nitrogens with one attached hydrogen (secondary N) is 1. The molecule has 2 fully saturated rings. The molecule has 0 bridgehead atoms. The largest absolute Gasteiger partial charge is 0.371 e. The smallest absolute Gasteiger partial charge is 0.222 e. The van der Waals surface area contributed by atoms with Crippen LogP contribution >= 0.6 is 0 Å². The van der Waals surface area contributed by atoms with Gasteiger partial charge in [0.2, 0.25) is 5.91 Å². The van der Waals surface area contributed by atoms with Crippen molar-refractivity contribution in [1.82, 2.24) is 10.2 Å². The zero-order chi connectivity index (χ0) is 18.6. The molecule has 1 N–H and O–H groups in total. The topological polar surface area (TPSA) is 35.6 Å². The number of piperidine rings is 2. The number of benzene rings is 2. The van der Waals surface area contributed by atoms with Gasteiger partial charge in [0, 0.05) is 50.9 Å². The van der Waals surface area contributed by atoms with Crippen molar-refractivity contribution < 1.29 is 4.79 Å². The highest BCUT2D eigenvalue weighted by Gasteiger charge is 2.26. The van der Waals surface area contributed by atoms with Crippen LogP contribution in [-0.2, 0) is 4.79 Å². The second kappa shape index (κ2) is 8.13. The molecule has 4 rings (SSSR count). The quantitative estimate of drug-likeness (QED) is 0.903. The minimum Gasteiger partial charge on any atom is -0.371 e. The van der Waals surface area contributed by atoms with Gasteiger partial charge in [-0.15, -0.1) is 0 Å². The van der Waals surface area contributed by atoms with Crippen LogP contribution in [0, 0.1) is 0 Å². The van der Waals surface area contributed by atoms with Gasteiger partial charge in [-0.2, -0.15) is 0 Å². The standard InChI is InChI=1S/C23H29N3O/c1-25-17-21(10-11-23(25)27)24-20-12-14-26(15-13-20)22-9-5-8-19(16-22)18-6-3-2-4-7-18/h2-9,16,20-21,24H,10-15,17H2,1H3. The summed E-state index contributed by atoms with van der Waals surface area (Å²) >= 11 is 0. The van der Waals surface area contributed by atoms with E-state index in [0.29, 0.717) is 18.5 Å². The summed E-state index contributed by atoms with van der Waals surface area (Å²) in [7, 11) is 1.92. The molecule has 2 heterocycles. The van der Waals surface area contributed by atoms with E-state index in [1.807, 2.05) is 11.9 Å². The number of hydrogen-bond donors (Lipinski definition) is 1. The first-order valence-electron chi connectivity index (χ1n) is 10.1. The molecule has 0 radical (unpaired) electrons. The summed E-state index contributed by atoms with van der Waals surface area (Å²) < 4.78 is 0. The number of rotatable bonds is 4. The third-order valence-electron chi connectivity index (χ3n) is 5.91. The van der Waals surface area contributed by atoms with Crippen LogP contribution in [0.2, 0.25) is 0 Å². The lowest BCUT2D eigenvalue weighted by molar-refractivity contribution is -0.132. The van der Waals surface area contributed by atoms with Crippen LogP contribution in [0.25, 0.3) is 11.1 Å². The SMILES string of the molecule is CN1CC(NC2CCN(c3cccc(-c4ccccc4)c3)CC2)CCC1=O. The second-order valence-corrected chi connectivity index (χ2v) is 7.85. The van der Waals surface area contributed by atoms with E-state index in [9.17, 15) is 4.79 Å². The lowest BCUT2D eigenvalue weighted by Gasteiger charge is -2.38. The first-order chi connectivity index (χ1) is 13.2. The van der Waals surface area contributed by atoms with Crippen LogP contribution in [0.5, 0.6) is 0 Å². The average molecular weight is 364 g/mol. The molecular formula is C23H29N3O. The summed E-state index contributed by atoms with van der Waals surface area (Å²) in [6, 6.07) is 20.5. The molecular weight excluding hydrogens is 334 g/mol. The fourth-order valence-electron chi connectivity index (χ4n) is 4.30. The lowest BCUT2D eigenvalue weighted by atomic mass is 9.99. The molecule has 0 aliphatic carbocycles. The molecule has 1 amide bonds. The highest BCUT2D eigenvalue weighted by Crippen LogP contribution is 2.27. The van der Waals surface area contributed by atoms with Crippen molar-refractivity contribution >= 4 is 11.6 Å². The minimum atomic E-state index is 0.279. The van der Waals surface area contributed by atoms with Gasteiger partial charge in [0.1, 0.15) is 0 Å². The van der Waals surface area contributed by atoms with E-state index >= 15 is 0 Å². The van der Waals surface area contributed by atoms with Crippen molar-refractivity contribution in [1.29, 1.82) is 0 Å². The Hall–Kier alpha value is -2.33. The maximum atomic E-state index is 11.7. The number of anilines is 1. The average Bonchev–Trinajstić information content (AvgIpc) is 2.72. The number of amides is 1. The van der Waals surface area contributed by atoms with Gasteiger partial charge in [-0.3, -0.25) is 4.79 Å². The molecule has 2 aromatic rings. The third kappa shape index (κ3) is 4.33. The number of likely N-dealkylation sites (N-methyl/N-ethyl adjacent to an activating group) is 1. The minimum absolute atomic E-state index is 0.279. The molecule has 1 atom stereocenters. The highest BCUT2D eigenvalue weighted by atomic mass is 16.2. The van der Waals surface area contributed by atoms with Crippen LogP contribution in [0.15, 0.2) is 54.6 Å². The fraction of sp³-hybridized carbons (Fsp3) is 0.435. The summed E-state index contributed by atoms with van der Waals surface area (Å²) in [5.41, 5.74) is 3.87. The van der Waals surface area contributed by atoms with Gasteiger partial charge in [0.25, 0.3) is 0 Å². The van der Waals surface area contributed by atoms with Crippen LogP contribution in [0.3, 0.4) is 0 Å². The van der Waals surface area contributed by atoms with E-state index in [0.717, 1.165) is 38.9 Å². The summed E-state index contributed by atoms with van der Waals surface area (Å²) in [6.07, 6.45) is 3.97. The first kappa shape index (κ1) is 18.1. The molecule has 0 aromatic heterocycles. The zero-order valence-corrected chi connectivity index (χ0v) is 16.1. The van der Waals surface area contributed by atoms with Crippen LogP contribution in [-0.4, -0.2) is 49.6 Å².